The Morgan fingerprint density at radius 3 is 2.78 bits per heavy atom. The van der Waals surface area contributed by atoms with E-state index in [0.717, 1.165) is 22.9 Å². The van der Waals surface area contributed by atoms with E-state index >= 15 is 0 Å². The fraction of sp³-hybridized carbons (Fsp3) is 0.133. The highest BCUT2D eigenvalue weighted by atomic mass is 79.9. The summed E-state index contributed by atoms with van der Waals surface area (Å²) in [5.74, 6) is 1.32. The first-order valence-corrected chi connectivity index (χ1v) is 6.53. The van der Waals surface area contributed by atoms with E-state index in [-0.39, 0.29) is 0 Å². The molecule has 92 valence electrons. The van der Waals surface area contributed by atoms with Gasteiger partial charge in [-0.2, -0.15) is 0 Å². The van der Waals surface area contributed by atoms with E-state index in [1.165, 1.54) is 5.56 Å². The van der Waals surface area contributed by atoms with E-state index in [9.17, 15) is 4.79 Å². The number of rotatable bonds is 4. The SMILES string of the molecule is CCc1cccc(Oc2ccc(Br)cc2C=O)c1. The summed E-state index contributed by atoms with van der Waals surface area (Å²) in [6.45, 7) is 2.09. The van der Waals surface area contributed by atoms with Crippen molar-refractivity contribution in [3.05, 3.63) is 58.1 Å². The van der Waals surface area contributed by atoms with Crippen LogP contribution < -0.4 is 4.74 Å². The summed E-state index contributed by atoms with van der Waals surface area (Å²) in [5, 5.41) is 0. The van der Waals surface area contributed by atoms with Crippen molar-refractivity contribution in [3.8, 4) is 11.5 Å². The highest BCUT2D eigenvalue weighted by Gasteiger charge is 2.05. The van der Waals surface area contributed by atoms with Crippen molar-refractivity contribution in [2.75, 3.05) is 0 Å². The topological polar surface area (TPSA) is 26.3 Å². The minimum Gasteiger partial charge on any atom is -0.457 e. The quantitative estimate of drug-likeness (QED) is 0.771. The lowest BCUT2D eigenvalue weighted by atomic mass is 10.1. The van der Waals surface area contributed by atoms with Gasteiger partial charge in [0.2, 0.25) is 0 Å². The predicted octanol–water partition coefficient (Wildman–Crippen LogP) is 4.62. The Balaban J connectivity index is 2.30. The lowest BCUT2D eigenvalue weighted by molar-refractivity contribution is 0.112. The van der Waals surface area contributed by atoms with Gasteiger partial charge in [0.1, 0.15) is 11.5 Å². The number of hydrogen-bond donors (Lipinski definition) is 0. The normalized spacial score (nSPS) is 10.1. The van der Waals surface area contributed by atoms with Crippen LogP contribution in [0.4, 0.5) is 0 Å². The highest BCUT2D eigenvalue weighted by Crippen LogP contribution is 2.27. The molecule has 2 nitrogen and oxygen atoms in total. The maximum atomic E-state index is 11.0. The smallest absolute Gasteiger partial charge is 0.153 e. The third-order valence-electron chi connectivity index (χ3n) is 2.63. The molecule has 2 rings (SSSR count). The molecule has 0 amide bonds. The average molecular weight is 305 g/mol. The molecule has 0 spiro atoms. The lowest BCUT2D eigenvalue weighted by Crippen LogP contribution is -1.91. The summed E-state index contributed by atoms with van der Waals surface area (Å²) in [6, 6.07) is 13.2. The van der Waals surface area contributed by atoms with Gasteiger partial charge < -0.3 is 4.74 Å². The molecular weight excluding hydrogens is 292 g/mol. The number of hydrogen-bond acceptors (Lipinski definition) is 2. The van der Waals surface area contributed by atoms with Crippen LogP contribution in [0.15, 0.2) is 46.9 Å². The van der Waals surface area contributed by atoms with Crippen LogP contribution in [0.1, 0.15) is 22.8 Å². The van der Waals surface area contributed by atoms with Gasteiger partial charge in [0.25, 0.3) is 0 Å². The maximum absolute atomic E-state index is 11.0. The second-order valence-corrected chi connectivity index (χ2v) is 4.82. The Bertz CT molecular complexity index is 564. The molecule has 0 unspecified atom stereocenters. The molecule has 0 bridgehead atoms. The van der Waals surface area contributed by atoms with Crippen molar-refractivity contribution < 1.29 is 9.53 Å². The van der Waals surface area contributed by atoms with Gasteiger partial charge in [0.15, 0.2) is 6.29 Å². The van der Waals surface area contributed by atoms with Crippen LogP contribution in [-0.2, 0) is 6.42 Å². The van der Waals surface area contributed by atoms with Crippen molar-refractivity contribution in [2.24, 2.45) is 0 Å². The third-order valence-corrected chi connectivity index (χ3v) is 3.13. The first kappa shape index (κ1) is 12.8. The highest BCUT2D eigenvalue weighted by molar-refractivity contribution is 9.10. The Kier molecular flexibility index (Phi) is 4.15. The van der Waals surface area contributed by atoms with Crippen LogP contribution in [-0.4, -0.2) is 6.29 Å². The van der Waals surface area contributed by atoms with E-state index in [0.29, 0.717) is 11.3 Å². The van der Waals surface area contributed by atoms with Crippen LogP contribution in [0.3, 0.4) is 0 Å². The van der Waals surface area contributed by atoms with E-state index in [2.05, 4.69) is 28.9 Å². The van der Waals surface area contributed by atoms with Gasteiger partial charge in [-0.3, -0.25) is 4.79 Å². The van der Waals surface area contributed by atoms with Crippen molar-refractivity contribution in [3.63, 3.8) is 0 Å². The second-order valence-electron chi connectivity index (χ2n) is 3.90. The van der Waals surface area contributed by atoms with E-state index < -0.39 is 0 Å². The monoisotopic (exact) mass is 304 g/mol. The van der Waals surface area contributed by atoms with Crippen LogP contribution in [0.5, 0.6) is 11.5 Å². The fourth-order valence-electron chi connectivity index (χ4n) is 1.66. The summed E-state index contributed by atoms with van der Waals surface area (Å²) in [6.07, 6.45) is 1.75. The molecule has 18 heavy (non-hydrogen) atoms. The van der Waals surface area contributed by atoms with Crippen LogP contribution in [0.25, 0.3) is 0 Å². The van der Waals surface area contributed by atoms with Crippen LogP contribution >= 0.6 is 15.9 Å². The number of ether oxygens (including phenoxy) is 1. The molecule has 0 aliphatic carbocycles. The first-order valence-electron chi connectivity index (χ1n) is 5.74. The van der Waals surface area contributed by atoms with E-state index in [4.69, 9.17) is 4.74 Å². The predicted molar refractivity (Wildman–Crippen MR) is 75.4 cm³/mol. The maximum Gasteiger partial charge on any atom is 0.153 e. The van der Waals surface area contributed by atoms with Gasteiger partial charge in [-0.05, 0) is 42.3 Å². The third kappa shape index (κ3) is 2.99. The summed E-state index contributed by atoms with van der Waals surface area (Å²) in [5.41, 5.74) is 1.74. The van der Waals surface area contributed by atoms with Gasteiger partial charge in [-0.25, -0.2) is 0 Å². The van der Waals surface area contributed by atoms with Gasteiger partial charge in [-0.15, -0.1) is 0 Å². The fourth-order valence-corrected chi connectivity index (χ4v) is 2.04. The summed E-state index contributed by atoms with van der Waals surface area (Å²) < 4.78 is 6.61. The number of carbonyl (C=O) groups is 1. The Labute approximate surface area is 115 Å². The Morgan fingerprint density at radius 1 is 1.22 bits per heavy atom. The first-order chi connectivity index (χ1) is 8.72. The minimum absolute atomic E-state index is 0.534. The van der Waals surface area contributed by atoms with E-state index in [1.807, 2.05) is 24.3 Å². The molecule has 0 saturated carbocycles. The zero-order valence-electron chi connectivity index (χ0n) is 10.0. The van der Waals surface area contributed by atoms with Crippen molar-refractivity contribution >= 4 is 22.2 Å². The largest absolute Gasteiger partial charge is 0.457 e. The molecule has 0 aliphatic rings. The number of aryl methyl sites for hydroxylation is 1. The molecular formula is C15H13BrO2. The Morgan fingerprint density at radius 2 is 2.06 bits per heavy atom. The zero-order chi connectivity index (χ0) is 13.0. The van der Waals surface area contributed by atoms with Crippen molar-refractivity contribution in [2.45, 2.75) is 13.3 Å². The molecule has 0 fully saturated rings. The molecule has 0 atom stereocenters. The van der Waals surface area contributed by atoms with Crippen molar-refractivity contribution in [1.29, 1.82) is 0 Å². The zero-order valence-corrected chi connectivity index (χ0v) is 11.6. The van der Waals surface area contributed by atoms with E-state index in [1.54, 1.807) is 12.1 Å². The molecule has 2 aromatic carbocycles. The van der Waals surface area contributed by atoms with Gasteiger partial charge in [0.05, 0.1) is 5.56 Å². The second kappa shape index (κ2) is 5.83. The summed E-state index contributed by atoms with van der Waals surface area (Å²) >= 11 is 3.33. The minimum atomic E-state index is 0.534. The molecule has 2 aromatic rings. The summed E-state index contributed by atoms with van der Waals surface area (Å²) in [4.78, 5) is 11.0. The van der Waals surface area contributed by atoms with Crippen LogP contribution in [0.2, 0.25) is 0 Å². The number of carbonyl (C=O) groups excluding carboxylic acids is 1. The molecule has 0 radical (unpaired) electrons. The van der Waals surface area contributed by atoms with Crippen molar-refractivity contribution in [1.82, 2.24) is 0 Å². The average Bonchev–Trinajstić information content (AvgIpc) is 2.41. The molecule has 3 heteroatoms. The number of benzene rings is 2. The molecule has 0 N–H and O–H groups in total. The Hall–Kier alpha value is -1.61. The molecule has 0 heterocycles. The number of halogens is 1. The summed E-state index contributed by atoms with van der Waals surface area (Å²) in [7, 11) is 0. The van der Waals surface area contributed by atoms with Gasteiger partial charge in [-0.1, -0.05) is 35.0 Å². The van der Waals surface area contributed by atoms with Crippen LogP contribution in [0, 0.1) is 0 Å². The molecule has 0 saturated heterocycles. The standard InChI is InChI=1S/C15H13BrO2/c1-2-11-4-3-5-14(8-11)18-15-7-6-13(16)9-12(15)10-17/h3-10H,2H2,1H3. The molecule has 0 aromatic heterocycles. The van der Waals surface area contributed by atoms with Gasteiger partial charge >= 0.3 is 0 Å². The number of aldehydes is 1. The lowest BCUT2D eigenvalue weighted by Gasteiger charge is -2.09. The van der Waals surface area contributed by atoms with Gasteiger partial charge in [0, 0.05) is 4.47 Å². The molecule has 0 aliphatic heterocycles.